The highest BCUT2D eigenvalue weighted by Crippen LogP contribution is 2.37. The Kier molecular flexibility index (Phi) is 19.2. The number of aliphatic hydroxyl groups excluding tert-OH is 16. The average Bonchev–Trinajstić information content (AvgIpc) is 3.27. The maximum atomic E-state index is 12.7. The molecular formula is C34H56N2O29. The van der Waals surface area contributed by atoms with Crippen LogP contribution in [0.15, 0.2) is 0 Å². The van der Waals surface area contributed by atoms with Gasteiger partial charge in [-0.1, -0.05) is 0 Å². The van der Waals surface area contributed by atoms with E-state index >= 15 is 0 Å². The van der Waals surface area contributed by atoms with Crippen molar-refractivity contribution in [2.75, 3.05) is 39.6 Å². The Morgan fingerprint density at radius 3 is 1.43 bits per heavy atom. The number of amides is 2. The maximum Gasteiger partial charge on any atom is 0.364 e. The van der Waals surface area contributed by atoms with Crippen LogP contribution in [0.3, 0.4) is 0 Å². The van der Waals surface area contributed by atoms with E-state index in [1.54, 1.807) is 0 Å². The number of hydrogen-bond acceptors (Lipinski definition) is 27. The van der Waals surface area contributed by atoms with E-state index in [0.29, 0.717) is 0 Å². The lowest BCUT2D eigenvalue weighted by Gasteiger charge is -2.48. The lowest BCUT2D eigenvalue weighted by atomic mass is 9.88. The molecule has 4 aliphatic rings. The van der Waals surface area contributed by atoms with E-state index in [2.05, 4.69) is 10.6 Å². The first kappa shape index (κ1) is 54.6. The number of aliphatic carboxylic acids is 2. The molecule has 0 bridgehead atoms. The van der Waals surface area contributed by atoms with E-state index in [1.165, 1.54) is 0 Å². The largest absolute Gasteiger partial charge is 0.477 e. The summed E-state index contributed by atoms with van der Waals surface area (Å²) in [5.41, 5.74) is 0. The zero-order valence-corrected chi connectivity index (χ0v) is 33.7. The van der Waals surface area contributed by atoms with Crippen molar-refractivity contribution in [1.82, 2.24) is 10.6 Å². The van der Waals surface area contributed by atoms with Crippen molar-refractivity contribution in [2.45, 2.75) is 147 Å². The third-order valence-electron chi connectivity index (χ3n) is 11.2. The molecule has 0 aromatic rings. The van der Waals surface area contributed by atoms with Gasteiger partial charge in [-0.3, -0.25) is 9.59 Å². The number of ether oxygens (including phenoxy) is 7. The fraction of sp³-hybridized carbons (Fsp3) is 0.882. The molecule has 0 radical (unpaired) electrons. The average molecular weight is 957 g/mol. The van der Waals surface area contributed by atoms with E-state index < -0.39 is 210 Å². The summed E-state index contributed by atoms with van der Waals surface area (Å²) in [5, 5.41) is 190. The van der Waals surface area contributed by atoms with Crippen molar-refractivity contribution in [3.05, 3.63) is 0 Å². The quantitative estimate of drug-likeness (QED) is 0.0539. The Morgan fingerprint density at radius 2 is 1.02 bits per heavy atom. The molecule has 376 valence electrons. The molecular weight excluding hydrogens is 900 g/mol. The zero-order valence-electron chi connectivity index (χ0n) is 33.7. The summed E-state index contributed by atoms with van der Waals surface area (Å²) in [6.45, 7) is -7.12. The summed E-state index contributed by atoms with van der Waals surface area (Å²) in [6.07, 6.45) is -40.6. The van der Waals surface area contributed by atoms with Crippen molar-refractivity contribution in [3.63, 3.8) is 0 Å². The molecule has 2 amide bonds. The van der Waals surface area contributed by atoms with Gasteiger partial charge in [-0.05, 0) is 0 Å². The monoisotopic (exact) mass is 956 g/mol. The van der Waals surface area contributed by atoms with Crippen LogP contribution < -0.4 is 10.6 Å². The number of carbonyl (C=O) groups is 4. The first-order valence-corrected chi connectivity index (χ1v) is 19.7. The van der Waals surface area contributed by atoms with E-state index in [-0.39, 0.29) is 0 Å². The van der Waals surface area contributed by atoms with Gasteiger partial charge in [0.05, 0.1) is 50.7 Å². The standard InChI is InChI=1S/C34H56N2O29/c37-3-11(43)19(46)27-17(35-15(44)5-39)9(41)1-33(64-27,31(55)56)60-8-14-21(48)24(51)26(53)30(63-14)62-12(4-38)22(49)28-18(36-16(45)6-40)10(42)2-34(65-28,32(57)58)59-7-13-20(47)23(50)25(52)29(54)61-13/h9-14,17-30,37-43,46-54H,1-8H2,(H,35,44)(H,36,45)(H,55,56)(H,57,58)/t9-,10-,11+,12+,13+,14+,17+,18+,19+,20+,21+,22+,23-,24-,25+,26+,27+,28+,29+,30+,33+,34+/m0/s1. The van der Waals surface area contributed by atoms with Gasteiger partial charge in [0, 0.05) is 12.8 Å². The topological polar surface area (TPSA) is 521 Å². The minimum atomic E-state index is -3.07. The van der Waals surface area contributed by atoms with E-state index in [4.69, 9.17) is 33.2 Å². The molecule has 0 aromatic heterocycles. The first-order valence-electron chi connectivity index (χ1n) is 19.7. The molecule has 4 aliphatic heterocycles. The predicted molar refractivity (Wildman–Crippen MR) is 194 cm³/mol. The smallest absolute Gasteiger partial charge is 0.364 e. The van der Waals surface area contributed by atoms with E-state index in [1.807, 2.05) is 0 Å². The maximum absolute atomic E-state index is 12.7. The SMILES string of the molecule is O=C(CO)N[C@H]1[C@H]([C@H](O)[C@H](O)CO)O[C@@](OC[C@H]2O[C@@H](O[C@H](CO)[C@@H](O)[C@@H]3O[C@@](OC[C@H]4O[C@@H](O)[C@H](O)[C@@H](O)[C@@H]4O)(C(=O)O)C[C@H](O)[C@H]3NC(=O)CO)[C@H](O)[C@@H](O)[C@@H]2O)(C(=O)O)C[C@@H]1O. The van der Waals surface area contributed by atoms with Crippen molar-refractivity contribution >= 4 is 23.8 Å². The number of rotatable bonds is 20. The number of carbonyl (C=O) groups excluding carboxylic acids is 2. The zero-order chi connectivity index (χ0) is 48.9. The normalized spacial score (nSPS) is 42.0. The summed E-state index contributed by atoms with van der Waals surface area (Å²) >= 11 is 0. The Morgan fingerprint density at radius 1 is 0.585 bits per heavy atom. The molecule has 31 nitrogen and oxygen atoms in total. The molecule has 0 aromatic carbocycles. The lowest BCUT2D eigenvalue weighted by Crippen LogP contribution is -2.69. The van der Waals surface area contributed by atoms with Crippen LogP contribution in [0.1, 0.15) is 12.8 Å². The third kappa shape index (κ3) is 12.0. The number of hydrogen-bond donors (Lipinski definition) is 20. The molecule has 22 atom stereocenters. The molecule has 65 heavy (non-hydrogen) atoms. The summed E-state index contributed by atoms with van der Waals surface area (Å²) in [4.78, 5) is 49.6. The number of carboxylic acids is 2. The fourth-order valence-corrected chi connectivity index (χ4v) is 7.50. The second-order valence-corrected chi connectivity index (χ2v) is 15.6. The Hall–Kier alpha value is -3.04. The minimum absolute atomic E-state index is 1.07. The van der Waals surface area contributed by atoms with Crippen molar-refractivity contribution < 1.29 is 144 Å². The van der Waals surface area contributed by atoms with Crippen molar-refractivity contribution in [3.8, 4) is 0 Å². The van der Waals surface area contributed by atoms with Crippen LogP contribution in [0, 0.1) is 0 Å². The second-order valence-electron chi connectivity index (χ2n) is 15.6. The van der Waals surface area contributed by atoms with Crippen molar-refractivity contribution in [1.29, 1.82) is 0 Å². The summed E-state index contributed by atoms with van der Waals surface area (Å²) in [5.74, 6) is -12.6. The van der Waals surface area contributed by atoms with Crippen LogP contribution in [-0.2, 0) is 52.3 Å². The Bertz CT molecular complexity index is 1600. The number of nitrogens with one attached hydrogen (secondary N) is 2. The molecule has 0 unspecified atom stereocenters. The molecule has 0 spiro atoms. The van der Waals surface area contributed by atoms with Crippen LogP contribution in [0.2, 0.25) is 0 Å². The summed E-state index contributed by atoms with van der Waals surface area (Å²) < 4.78 is 37.9. The molecule has 4 rings (SSSR count). The van der Waals surface area contributed by atoms with Crippen LogP contribution >= 0.6 is 0 Å². The Labute approximate surface area is 365 Å². The third-order valence-corrected chi connectivity index (χ3v) is 11.2. The van der Waals surface area contributed by atoms with E-state index in [9.17, 15) is 111 Å². The molecule has 4 fully saturated rings. The van der Waals surface area contributed by atoms with Crippen LogP contribution in [0.25, 0.3) is 0 Å². The number of aliphatic hydroxyl groups is 16. The van der Waals surface area contributed by atoms with Gasteiger partial charge in [-0.15, -0.1) is 0 Å². The predicted octanol–water partition coefficient (Wildman–Crippen LogP) is -13.1. The van der Waals surface area contributed by atoms with Crippen LogP contribution in [0.4, 0.5) is 0 Å². The fourth-order valence-electron chi connectivity index (χ4n) is 7.50. The minimum Gasteiger partial charge on any atom is -0.477 e. The van der Waals surface area contributed by atoms with Gasteiger partial charge in [-0.2, -0.15) is 0 Å². The molecule has 20 N–H and O–H groups in total. The molecule has 31 heteroatoms. The summed E-state index contributed by atoms with van der Waals surface area (Å²) in [7, 11) is 0. The first-order chi connectivity index (χ1) is 30.4. The molecule has 0 aliphatic carbocycles. The van der Waals surface area contributed by atoms with Gasteiger partial charge in [0.25, 0.3) is 11.6 Å². The van der Waals surface area contributed by atoms with Gasteiger partial charge >= 0.3 is 11.9 Å². The Balaban J connectivity index is 1.58. The van der Waals surface area contributed by atoms with Crippen LogP contribution in [-0.4, -0.2) is 289 Å². The van der Waals surface area contributed by atoms with Gasteiger partial charge < -0.3 is 136 Å². The van der Waals surface area contributed by atoms with Gasteiger partial charge in [-0.25, -0.2) is 9.59 Å². The summed E-state index contributed by atoms with van der Waals surface area (Å²) in [6, 6.07) is -3.64. The molecule has 4 heterocycles. The van der Waals surface area contributed by atoms with E-state index in [0.717, 1.165) is 0 Å². The second kappa shape index (κ2) is 22.8. The lowest BCUT2D eigenvalue weighted by molar-refractivity contribution is -0.354. The number of carboxylic acid groups (broad SMARTS) is 2. The highest BCUT2D eigenvalue weighted by molar-refractivity contribution is 5.79. The highest BCUT2D eigenvalue weighted by atomic mass is 16.8. The van der Waals surface area contributed by atoms with Gasteiger partial charge in [0.2, 0.25) is 11.8 Å². The molecule has 4 saturated heterocycles. The van der Waals surface area contributed by atoms with Gasteiger partial charge in [0.15, 0.2) is 12.6 Å². The highest BCUT2D eigenvalue weighted by Gasteiger charge is 2.59. The van der Waals surface area contributed by atoms with Crippen molar-refractivity contribution in [2.24, 2.45) is 0 Å². The molecule has 0 saturated carbocycles. The van der Waals surface area contributed by atoms with Crippen LogP contribution in [0.5, 0.6) is 0 Å². The van der Waals surface area contributed by atoms with Gasteiger partial charge in [0.1, 0.15) is 98.7 Å².